The number of carbonyl (C=O) groups is 4. The zero-order chi connectivity index (χ0) is 46.0. The Balaban J connectivity index is 1.19. The summed E-state index contributed by atoms with van der Waals surface area (Å²) in [5, 5.41) is 12.4. The number of likely N-dealkylation sites (N-methyl/N-ethyl adjacent to an activating group) is 1. The SMILES string of the molecule is COc1ccc(C2=N[C@@H](c3ccc(Cl)cc3)[C@@H](c3ccc(Cl)cc3)N2C(=O)N2CCN(CC(=O)N(C)CC(=O)NCCCOCCOCCOCCCC#N)C(=O)C2)c(OC(C)C)c1. The van der Waals surface area contributed by atoms with Gasteiger partial charge < -0.3 is 43.7 Å². The molecule has 2 atom stereocenters. The van der Waals surface area contributed by atoms with Crippen molar-refractivity contribution in [2.75, 3.05) is 93.1 Å². The third kappa shape index (κ3) is 14.3. The number of nitrogens with zero attached hydrogens (tertiary/aromatic N) is 6. The first-order valence-corrected chi connectivity index (χ1v) is 22.1. The lowest BCUT2D eigenvalue weighted by Crippen LogP contribution is -2.58. The summed E-state index contributed by atoms with van der Waals surface area (Å²) in [7, 11) is 3.07. The predicted molar refractivity (Wildman–Crippen MR) is 242 cm³/mol. The molecular formula is C46H57Cl2N7O9. The lowest BCUT2D eigenvalue weighted by molar-refractivity contribution is -0.143. The maximum atomic E-state index is 15.0. The number of amides is 5. The fraction of sp³-hybridized carbons (Fsp3) is 0.478. The maximum absolute atomic E-state index is 15.0. The zero-order valence-electron chi connectivity index (χ0n) is 36.8. The first-order valence-electron chi connectivity index (χ1n) is 21.3. The van der Waals surface area contributed by atoms with Crippen molar-refractivity contribution in [3.63, 3.8) is 0 Å². The quantitative estimate of drug-likeness (QED) is 0.113. The van der Waals surface area contributed by atoms with Gasteiger partial charge in [-0.3, -0.25) is 24.3 Å². The van der Waals surface area contributed by atoms with Gasteiger partial charge in [-0.2, -0.15) is 5.26 Å². The number of hydrogen-bond acceptors (Lipinski definition) is 11. The van der Waals surface area contributed by atoms with Crippen molar-refractivity contribution in [3.8, 4) is 17.6 Å². The van der Waals surface area contributed by atoms with Crippen molar-refractivity contribution in [1.29, 1.82) is 5.26 Å². The molecule has 344 valence electrons. The van der Waals surface area contributed by atoms with Crippen molar-refractivity contribution in [3.05, 3.63) is 93.5 Å². The Labute approximate surface area is 384 Å². The van der Waals surface area contributed by atoms with Crippen LogP contribution in [0.1, 0.15) is 61.9 Å². The minimum atomic E-state index is -0.667. The number of urea groups is 1. The Hall–Kier alpha value is -5.44. The summed E-state index contributed by atoms with van der Waals surface area (Å²) in [4.78, 5) is 65.6. The molecule has 0 unspecified atom stereocenters. The molecule has 16 nitrogen and oxygen atoms in total. The molecule has 2 heterocycles. The second-order valence-electron chi connectivity index (χ2n) is 15.4. The summed E-state index contributed by atoms with van der Waals surface area (Å²) < 4.78 is 28.1. The molecule has 0 spiro atoms. The standard InChI is InChI=1S/C46H57Cl2N7O9/c1-32(2)64-39-28-37(60-4)16-17-38(39)45-51-43(33-8-12-35(47)13-9-33)44(34-10-14-36(48)15-11-34)55(45)46(59)54-21-20-53(42(58)31-54)30-41(57)52(3)29-40(56)50-19-7-23-62-25-27-63-26-24-61-22-6-5-18-49/h8-17,28,32,43-44H,5-7,19-27,29-31H2,1-4H3,(H,50,56)/t43-,44+/m0/s1. The van der Waals surface area contributed by atoms with E-state index in [9.17, 15) is 14.4 Å². The lowest BCUT2D eigenvalue weighted by Gasteiger charge is -2.38. The van der Waals surface area contributed by atoms with E-state index >= 15 is 4.79 Å². The third-order valence-electron chi connectivity index (χ3n) is 10.3. The molecule has 0 aromatic heterocycles. The Bertz CT molecular complexity index is 2100. The number of rotatable bonds is 23. The molecular weight excluding hydrogens is 865 g/mol. The summed E-state index contributed by atoms with van der Waals surface area (Å²) in [6.45, 7) is 6.34. The monoisotopic (exact) mass is 921 g/mol. The number of hydrogen-bond donors (Lipinski definition) is 1. The number of nitrogens with one attached hydrogen (secondary N) is 1. The fourth-order valence-corrected chi connectivity index (χ4v) is 7.30. The van der Waals surface area contributed by atoms with Crippen molar-refractivity contribution in [1.82, 2.24) is 24.9 Å². The number of methoxy groups -OCH3 is 1. The molecule has 5 rings (SSSR count). The van der Waals surface area contributed by atoms with Crippen LogP contribution in [0.25, 0.3) is 0 Å². The number of carbonyl (C=O) groups excluding carboxylic acids is 4. The predicted octanol–water partition coefficient (Wildman–Crippen LogP) is 5.92. The first-order chi connectivity index (χ1) is 30.9. The number of unbranched alkanes of at least 4 members (excludes halogenated alkanes) is 1. The van der Waals surface area contributed by atoms with Crippen molar-refractivity contribution >= 4 is 52.8 Å². The molecule has 5 amide bonds. The topological polar surface area (TPSA) is 176 Å². The molecule has 1 N–H and O–H groups in total. The van der Waals surface area contributed by atoms with Gasteiger partial charge in [0.1, 0.15) is 29.9 Å². The molecule has 0 aliphatic carbocycles. The van der Waals surface area contributed by atoms with Crippen LogP contribution in [-0.4, -0.2) is 148 Å². The van der Waals surface area contributed by atoms with E-state index in [1.54, 1.807) is 54.5 Å². The van der Waals surface area contributed by atoms with Crippen LogP contribution in [0.4, 0.5) is 4.79 Å². The van der Waals surface area contributed by atoms with E-state index in [1.165, 1.54) is 21.7 Å². The van der Waals surface area contributed by atoms with Gasteiger partial charge in [0.15, 0.2) is 0 Å². The van der Waals surface area contributed by atoms with Crippen molar-refractivity contribution in [2.24, 2.45) is 4.99 Å². The largest absolute Gasteiger partial charge is 0.497 e. The number of piperazine rings is 1. The molecule has 0 saturated carbocycles. The molecule has 1 fully saturated rings. The molecule has 3 aromatic rings. The minimum Gasteiger partial charge on any atom is -0.497 e. The Morgan fingerprint density at radius 2 is 1.52 bits per heavy atom. The Morgan fingerprint density at radius 3 is 2.12 bits per heavy atom. The van der Waals surface area contributed by atoms with Gasteiger partial charge in [-0.05, 0) is 74.2 Å². The molecule has 0 radical (unpaired) electrons. The summed E-state index contributed by atoms with van der Waals surface area (Å²) in [5.41, 5.74) is 2.12. The van der Waals surface area contributed by atoms with E-state index in [4.69, 9.17) is 57.1 Å². The van der Waals surface area contributed by atoms with Gasteiger partial charge in [-0.1, -0.05) is 47.5 Å². The molecule has 18 heteroatoms. The third-order valence-corrected chi connectivity index (χ3v) is 10.8. The van der Waals surface area contributed by atoms with Crippen molar-refractivity contribution in [2.45, 2.75) is 51.3 Å². The van der Waals surface area contributed by atoms with E-state index < -0.39 is 29.9 Å². The molecule has 3 aromatic carbocycles. The minimum absolute atomic E-state index is 0.0926. The van der Waals surface area contributed by atoms with E-state index in [-0.39, 0.29) is 44.7 Å². The average molecular weight is 923 g/mol. The van der Waals surface area contributed by atoms with Crippen LogP contribution in [0.2, 0.25) is 10.0 Å². The van der Waals surface area contributed by atoms with Crippen LogP contribution >= 0.6 is 23.2 Å². The lowest BCUT2D eigenvalue weighted by atomic mass is 9.93. The van der Waals surface area contributed by atoms with Gasteiger partial charge in [0.25, 0.3) is 0 Å². The van der Waals surface area contributed by atoms with Gasteiger partial charge in [-0.15, -0.1) is 0 Å². The number of benzene rings is 3. The van der Waals surface area contributed by atoms with E-state index in [0.717, 1.165) is 11.1 Å². The number of nitriles is 1. The molecule has 1 saturated heterocycles. The van der Waals surface area contributed by atoms with Crippen molar-refractivity contribution < 1.29 is 42.9 Å². The highest BCUT2D eigenvalue weighted by Crippen LogP contribution is 2.46. The normalized spacial score (nSPS) is 16.1. The highest BCUT2D eigenvalue weighted by molar-refractivity contribution is 6.30. The van der Waals surface area contributed by atoms with E-state index in [1.807, 2.05) is 38.1 Å². The van der Waals surface area contributed by atoms with Crippen LogP contribution in [0.5, 0.6) is 11.5 Å². The summed E-state index contributed by atoms with van der Waals surface area (Å²) in [6.07, 6.45) is 1.53. The van der Waals surface area contributed by atoms with Crippen LogP contribution in [0.3, 0.4) is 0 Å². The zero-order valence-corrected chi connectivity index (χ0v) is 38.3. The number of halogens is 2. The van der Waals surface area contributed by atoms with Crippen LogP contribution in [0.15, 0.2) is 71.7 Å². The van der Waals surface area contributed by atoms with Gasteiger partial charge in [-0.25, -0.2) is 4.79 Å². The van der Waals surface area contributed by atoms with Crippen LogP contribution in [-0.2, 0) is 28.6 Å². The molecule has 2 aliphatic heterocycles. The van der Waals surface area contributed by atoms with Gasteiger partial charge in [0.2, 0.25) is 17.7 Å². The van der Waals surface area contributed by atoms with Gasteiger partial charge >= 0.3 is 6.03 Å². The number of aliphatic imine (C=N–C) groups is 1. The van der Waals surface area contributed by atoms with E-state index in [2.05, 4.69) is 11.4 Å². The smallest absolute Gasteiger partial charge is 0.326 e. The van der Waals surface area contributed by atoms with Crippen LogP contribution < -0.4 is 14.8 Å². The van der Waals surface area contributed by atoms with E-state index in [0.29, 0.717) is 98.4 Å². The highest BCUT2D eigenvalue weighted by Gasteiger charge is 2.45. The maximum Gasteiger partial charge on any atom is 0.326 e. The second-order valence-corrected chi connectivity index (χ2v) is 16.3. The van der Waals surface area contributed by atoms with Gasteiger partial charge in [0, 0.05) is 62.4 Å². The first kappa shape index (κ1) is 49.6. The summed E-state index contributed by atoms with van der Waals surface area (Å²) in [5.74, 6) is 0.186. The second kappa shape index (κ2) is 25.2. The number of ether oxygens (including phenoxy) is 5. The highest BCUT2D eigenvalue weighted by atomic mass is 35.5. The molecule has 2 aliphatic rings. The summed E-state index contributed by atoms with van der Waals surface area (Å²) in [6, 6.07) is 20.2. The number of amidine groups is 1. The van der Waals surface area contributed by atoms with Gasteiger partial charge in [0.05, 0.1) is 70.4 Å². The molecule has 64 heavy (non-hydrogen) atoms. The fourth-order valence-electron chi connectivity index (χ4n) is 7.05. The molecule has 0 bridgehead atoms. The van der Waals surface area contributed by atoms with Crippen LogP contribution in [0, 0.1) is 11.3 Å². The average Bonchev–Trinajstić information content (AvgIpc) is 3.67. The summed E-state index contributed by atoms with van der Waals surface area (Å²) >= 11 is 12.6. The Morgan fingerprint density at radius 1 is 0.891 bits per heavy atom. The Kier molecular flexibility index (Phi) is 19.5.